The van der Waals surface area contributed by atoms with Crippen molar-refractivity contribution in [1.82, 2.24) is 9.97 Å². The number of primary amides is 2. The number of hydrogen-bond donors (Lipinski definition) is 3. The molecule has 0 saturated heterocycles. The number of fused-ring (bicyclic) bond motifs is 1. The maximum absolute atomic E-state index is 9.00. The third-order valence-corrected chi connectivity index (χ3v) is 2.47. The molecule has 96 valence electrons. The number of rotatable bonds is 1. The molecule has 3 aromatic rings. The highest BCUT2D eigenvalue weighted by Crippen LogP contribution is 2.18. The first kappa shape index (κ1) is 12.6. The van der Waals surface area contributed by atoms with Crippen LogP contribution in [0.1, 0.15) is 0 Å². The summed E-state index contributed by atoms with van der Waals surface area (Å²) in [6, 6.07) is 15.4. The summed E-state index contributed by atoms with van der Waals surface area (Å²) < 4.78 is 0. The molecule has 0 atom stereocenters. The van der Waals surface area contributed by atoms with E-state index in [4.69, 9.17) is 4.79 Å². The smallest absolute Gasteiger partial charge is 0.309 e. The van der Waals surface area contributed by atoms with Crippen molar-refractivity contribution in [1.29, 1.82) is 0 Å². The number of nitrogens with zero attached hydrogens (tertiary/aromatic N) is 1. The van der Waals surface area contributed by atoms with Gasteiger partial charge in [-0.2, -0.15) is 0 Å². The van der Waals surface area contributed by atoms with Gasteiger partial charge in [0, 0.05) is 11.6 Å². The lowest BCUT2D eigenvalue weighted by molar-refractivity contribution is 0.256. The van der Waals surface area contributed by atoms with E-state index in [2.05, 4.69) is 33.6 Å². The molecule has 3 rings (SSSR count). The van der Waals surface area contributed by atoms with Crippen molar-refractivity contribution in [2.45, 2.75) is 0 Å². The molecule has 0 saturated carbocycles. The first-order valence-electron chi connectivity index (χ1n) is 5.71. The Bertz CT molecular complexity index is 673. The zero-order valence-corrected chi connectivity index (χ0v) is 10.2. The van der Waals surface area contributed by atoms with Crippen molar-refractivity contribution in [3.8, 4) is 11.4 Å². The summed E-state index contributed by atoms with van der Waals surface area (Å²) >= 11 is 0. The molecule has 5 nitrogen and oxygen atoms in total. The number of aromatic nitrogens is 2. The van der Waals surface area contributed by atoms with Gasteiger partial charge in [-0.05, 0) is 24.3 Å². The fourth-order valence-corrected chi connectivity index (χ4v) is 1.71. The molecular weight excluding hydrogens is 240 g/mol. The predicted octanol–water partition coefficient (Wildman–Crippen LogP) is 2.25. The minimum Gasteiger partial charge on any atom is -0.360 e. The Labute approximate surface area is 110 Å². The molecule has 2 amide bonds. The van der Waals surface area contributed by atoms with Gasteiger partial charge in [0.1, 0.15) is 0 Å². The molecule has 19 heavy (non-hydrogen) atoms. The molecule has 0 aliphatic rings. The van der Waals surface area contributed by atoms with Gasteiger partial charge in [0.15, 0.2) is 0 Å². The van der Waals surface area contributed by atoms with E-state index < -0.39 is 6.03 Å². The van der Waals surface area contributed by atoms with E-state index in [1.165, 1.54) is 5.39 Å². The number of nitrogens with two attached hydrogens (primary N) is 2. The Hall–Kier alpha value is -2.82. The van der Waals surface area contributed by atoms with Gasteiger partial charge in [-0.25, -0.2) is 9.78 Å². The van der Waals surface area contributed by atoms with Crippen molar-refractivity contribution in [2.24, 2.45) is 11.5 Å². The van der Waals surface area contributed by atoms with Crippen LogP contribution in [0.3, 0.4) is 0 Å². The summed E-state index contributed by atoms with van der Waals surface area (Å²) in [6.45, 7) is 0. The summed E-state index contributed by atoms with van der Waals surface area (Å²) in [6.07, 6.45) is 1.91. The Morgan fingerprint density at radius 2 is 1.74 bits per heavy atom. The van der Waals surface area contributed by atoms with Gasteiger partial charge in [-0.1, -0.05) is 24.3 Å². The molecule has 0 aliphatic heterocycles. The molecule has 0 unspecified atom stereocenters. The number of aromatic amines is 1. The van der Waals surface area contributed by atoms with E-state index in [1.54, 1.807) is 0 Å². The SMILES string of the molecule is NC(N)=O.c1c[nH]c(-c2ccc3ccccc3n2)c1. The summed E-state index contributed by atoms with van der Waals surface area (Å²) in [5.74, 6) is 0. The van der Waals surface area contributed by atoms with Gasteiger partial charge in [0.05, 0.1) is 16.9 Å². The van der Waals surface area contributed by atoms with E-state index in [0.717, 1.165) is 16.9 Å². The van der Waals surface area contributed by atoms with Crippen LogP contribution in [0, 0.1) is 0 Å². The van der Waals surface area contributed by atoms with Crippen molar-refractivity contribution >= 4 is 16.9 Å². The van der Waals surface area contributed by atoms with E-state index in [-0.39, 0.29) is 0 Å². The summed E-state index contributed by atoms with van der Waals surface area (Å²) in [5.41, 5.74) is 11.6. The van der Waals surface area contributed by atoms with Crippen molar-refractivity contribution in [3.05, 3.63) is 54.7 Å². The van der Waals surface area contributed by atoms with Crippen LogP contribution in [0.2, 0.25) is 0 Å². The van der Waals surface area contributed by atoms with Crippen LogP contribution in [0.4, 0.5) is 4.79 Å². The van der Waals surface area contributed by atoms with Crippen LogP contribution in [0.15, 0.2) is 54.7 Å². The molecule has 0 fully saturated rings. The molecular formula is C14H14N4O. The lowest BCUT2D eigenvalue weighted by Crippen LogP contribution is -2.18. The van der Waals surface area contributed by atoms with E-state index in [0.29, 0.717) is 0 Å². The van der Waals surface area contributed by atoms with Gasteiger partial charge in [-0.3, -0.25) is 0 Å². The third-order valence-electron chi connectivity index (χ3n) is 2.47. The minimum atomic E-state index is -0.833. The van der Waals surface area contributed by atoms with Crippen molar-refractivity contribution < 1.29 is 4.79 Å². The standard InChI is InChI=1S/C13H10N2.CH4N2O/c1-2-5-11-10(4-1)7-8-13(15-11)12-6-3-9-14-12;2-1(3)4/h1-9,14H;(H4,2,3,4). The molecule has 0 spiro atoms. The molecule has 5 heteroatoms. The largest absolute Gasteiger partial charge is 0.360 e. The van der Waals surface area contributed by atoms with Gasteiger partial charge in [0.2, 0.25) is 0 Å². The zero-order valence-electron chi connectivity index (χ0n) is 10.2. The Morgan fingerprint density at radius 3 is 2.42 bits per heavy atom. The zero-order chi connectivity index (χ0) is 13.7. The number of carbonyl (C=O) groups excluding carboxylic acids is 1. The highest BCUT2D eigenvalue weighted by Gasteiger charge is 2.00. The van der Waals surface area contributed by atoms with E-state index in [1.807, 2.05) is 42.6 Å². The van der Waals surface area contributed by atoms with E-state index in [9.17, 15) is 0 Å². The van der Waals surface area contributed by atoms with Crippen LogP contribution in [0.5, 0.6) is 0 Å². The number of benzene rings is 1. The number of hydrogen-bond acceptors (Lipinski definition) is 2. The van der Waals surface area contributed by atoms with Crippen LogP contribution < -0.4 is 11.5 Å². The maximum atomic E-state index is 9.00. The number of H-pyrrole nitrogens is 1. The van der Waals surface area contributed by atoms with Gasteiger partial charge in [0.25, 0.3) is 0 Å². The lowest BCUT2D eigenvalue weighted by atomic mass is 10.2. The number of amides is 2. The van der Waals surface area contributed by atoms with E-state index >= 15 is 0 Å². The second kappa shape index (κ2) is 5.68. The molecule has 1 aromatic carbocycles. The molecule has 0 bridgehead atoms. The number of carbonyl (C=O) groups is 1. The lowest BCUT2D eigenvalue weighted by Gasteiger charge is -2.00. The quantitative estimate of drug-likeness (QED) is 0.620. The fourth-order valence-electron chi connectivity index (χ4n) is 1.71. The summed E-state index contributed by atoms with van der Waals surface area (Å²) in [4.78, 5) is 16.7. The van der Waals surface area contributed by atoms with Gasteiger partial charge < -0.3 is 16.5 Å². The average Bonchev–Trinajstić information content (AvgIpc) is 2.91. The summed E-state index contributed by atoms with van der Waals surface area (Å²) in [5, 5.41) is 1.17. The van der Waals surface area contributed by atoms with Crippen LogP contribution in [-0.2, 0) is 0 Å². The average molecular weight is 254 g/mol. The second-order valence-electron chi connectivity index (χ2n) is 3.88. The first-order chi connectivity index (χ1) is 9.16. The fraction of sp³-hybridized carbons (Fsp3) is 0. The van der Waals surface area contributed by atoms with Crippen LogP contribution in [0.25, 0.3) is 22.3 Å². The summed E-state index contributed by atoms with van der Waals surface area (Å²) in [7, 11) is 0. The van der Waals surface area contributed by atoms with Crippen LogP contribution >= 0.6 is 0 Å². The second-order valence-corrected chi connectivity index (χ2v) is 3.88. The maximum Gasteiger partial charge on any atom is 0.309 e. The highest BCUT2D eigenvalue weighted by atomic mass is 16.2. The molecule has 0 radical (unpaired) electrons. The number of pyridine rings is 1. The molecule has 2 aromatic heterocycles. The molecule has 2 heterocycles. The minimum absolute atomic E-state index is 0.833. The number of para-hydroxylation sites is 1. The monoisotopic (exact) mass is 254 g/mol. The normalized spacial score (nSPS) is 9.68. The predicted molar refractivity (Wildman–Crippen MR) is 75.3 cm³/mol. The van der Waals surface area contributed by atoms with Gasteiger partial charge >= 0.3 is 6.03 Å². The highest BCUT2D eigenvalue weighted by molar-refractivity contribution is 5.80. The first-order valence-corrected chi connectivity index (χ1v) is 5.71. The molecule has 5 N–H and O–H groups in total. The van der Waals surface area contributed by atoms with Crippen molar-refractivity contribution in [2.75, 3.05) is 0 Å². The Kier molecular flexibility index (Phi) is 3.78. The van der Waals surface area contributed by atoms with Gasteiger partial charge in [-0.15, -0.1) is 0 Å². The Balaban J connectivity index is 0.000000297. The van der Waals surface area contributed by atoms with Crippen molar-refractivity contribution in [3.63, 3.8) is 0 Å². The Morgan fingerprint density at radius 1 is 1.00 bits per heavy atom. The van der Waals surface area contributed by atoms with Crippen LogP contribution in [-0.4, -0.2) is 16.0 Å². The topological polar surface area (TPSA) is 97.8 Å². The third kappa shape index (κ3) is 3.32. The molecule has 0 aliphatic carbocycles. The number of nitrogens with one attached hydrogen (secondary N) is 1. The number of urea groups is 1.